The quantitative estimate of drug-likeness (QED) is 0.255. The molecule has 0 aromatic carbocycles. The van der Waals surface area contributed by atoms with Gasteiger partial charge in [0.25, 0.3) is 0 Å². The Labute approximate surface area is 38.2 Å². The van der Waals surface area contributed by atoms with Crippen molar-refractivity contribution in [2.24, 2.45) is 5.73 Å². The van der Waals surface area contributed by atoms with Gasteiger partial charge in [0.2, 0.25) is 0 Å². The smallest absolute Gasteiger partial charge is 0.0765 e. The highest BCUT2D eigenvalue weighted by Gasteiger charge is 1.15. The van der Waals surface area contributed by atoms with Crippen LogP contribution < -0.4 is 5.73 Å². The van der Waals surface area contributed by atoms with E-state index in [0.29, 0.717) is 0 Å². The molecule has 0 atom stereocenters. The molecular formula is C4H10N2. The molecule has 36 valence electrons. The highest BCUT2D eigenvalue weighted by molar-refractivity contribution is 5.46. The van der Waals surface area contributed by atoms with E-state index >= 15 is 0 Å². The van der Waals surface area contributed by atoms with E-state index in [1.807, 2.05) is 6.92 Å². The number of rotatable bonds is 0. The van der Waals surface area contributed by atoms with Crippen molar-refractivity contribution in [1.82, 2.24) is 0 Å². The average molecular weight is 86.1 g/mol. The molecule has 0 saturated carbocycles. The summed E-state index contributed by atoms with van der Waals surface area (Å²) in [5.74, 6) is 0. The fraction of sp³-hybridized carbons (Fsp3) is 0.250. The van der Waals surface area contributed by atoms with Crippen molar-refractivity contribution in [2.45, 2.75) is 6.92 Å². The first-order chi connectivity index (χ1) is 2.83. The Kier molecular flexibility index (Phi) is 44.3. The zero-order valence-electron chi connectivity index (χ0n) is 3.94. The lowest BCUT2D eigenvalue weighted by atomic mass is 10.8. The molecule has 2 nitrogen and oxygen atoms in total. The van der Waals surface area contributed by atoms with Gasteiger partial charge in [0.1, 0.15) is 0 Å². The molecule has 0 aliphatic carbocycles. The maximum Gasteiger partial charge on any atom is 0.0765 e. The predicted molar refractivity (Wildman–Crippen MR) is 28.8 cm³/mol. The summed E-state index contributed by atoms with van der Waals surface area (Å²) in [5.41, 5.74) is 4.39. The summed E-state index contributed by atoms with van der Waals surface area (Å²) in [6.45, 7) is 5.25. The molecule has 6 heavy (non-hydrogen) atoms. The van der Waals surface area contributed by atoms with E-state index in [1.165, 1.54) is 0 Å². The van der Waals surface area contributed by atoms with Crippen molar-refractivity contribution in [3.63, 3.8) is 0 Å². The van der Waals surface area contributed by atoms with Gasteiger partial charge in [-0.2, -0.15) is 0 Å². The minimum Gasteiger partial charge on any atom is -0.390 e. The molecule has 0 saturated heterocycles. The molecule has 0 aliphatic rings. The second kappa shape index (κ2) is 29.6. The van der Waals surface area contributed by atoms with Gasteiger partial charge in [-0.25, -0.2) is 0 Å². The van der Waals surface area contributed by atoms with E-state index in [0.717, 1.165) is 6.34 Å². The molecule has 0 spiro atoms. The summed E-state index contributed by atoms with van der Waals surface area (Å²) in [7, 11) is 0. The van der Waals surface area contributed by atoms with Crippen LogP contribution in [0.5, 0.6) is 0 Å². The summed E-state index contributed by atoms with van der Waals surface area (Å²) in [4.78, 5) is 0. The molecule has 0 aliphatic heterocycles. The number of nitrogens with one attached hydrogen (secondary N) is 1. The maximum absolute atomic E-state index is 5.86. The van der Waals surface area contributed by atoms with Crippen LogP contribution in [0.1, 0.15) is 6.92 Å². The summed E-state index contributed by atoms with van der Waals surface area (Å²) >= 11 is 0. The number of hydrogen-bond acceptors (Lipinski definition) is 1. The largest absolute Gasteiger partial charge is 0.390 e. The van der Waals surface area contributed by atoms with Crippen molar-refractivity contribution < 1.29 is 0 Å². The standard InChI is InChI=1S/C3H6.CH4N2/c1-3-2;2-1-3/h3H,1H2,2H3;1H,(H3,2,3). The van der Waals surface area contributed by atoms with Gasteiger partial charge in [0.05, 0.1) is 6.34 Å². The Morgan fingerprint density at radius 1 is 1.83 bits per heavy atom. The fourth-order valence-corrected chi connectivity index (χ4v) is 0. The van der Waals surface area contributed by atoms with Crippen LogP contribution in [0, 0.1) is 5.41 Å². The van der Waals surface area contributed by atoms with Crippen LogP contribution in [0.3, 0.4) is 0 Å². The Hall–Kier alpha value is -0.790. The zero-order chi connectivity index (χ0) is 5.41. The molecule has 0 amide bonds. The second-order valence-corrected chi connectivity index (χ2v) is 0.575. The lowest BCUT2D eigenvalue weighted by molar-refractivity contribution is 1.52. The lowest BCUT2D eigenvalue weighted by Crippen LogP contribution is -1.81. The topological polar surface area (TPSA) is 49.9 Å². The van der Waals surface area contributed by atoms with Gasteiger partial charge in [-0.1, -0.05) is 6.08 Å². The van der Waals surface area contributed by atoms with Crippen molar-refractivity contribution in [1.29, 1.82) is 5.41 Å². The number of hydrogen-bond donors (Lipinski definition) is 2. The van der Waals surface area contributed by atoms with E-state index in [4.69, 9.17) is 5.41 Å². The van der Waals surface area contributed by atoms with Crippen LogP contribution in [-0.4, -0.2) is 6.34 Å². The third-order valence-electron chi connectivity index (χ3n) is 0. The Morgan fingerprint density at radius 2 is 1.83 bits per heavy atom. The molecule has 0 aromatic heterocycles. The first-order valence-corrected chi connectivity index (χ1v) is 1.61. The van der Waals surface area contributed by atoms with E-state index in [-0.39, 0.29) is 0 Å². The molecular weight excluding hydrogens is 76.1 g/mol. The van der Waals surface area contributed by atoms with Crippen LogP contribution in [-0.2, 0) is 0 Å². The first-order valence-electron chi connectivity index (χ1n) is 1.61. The van der Waals surface area contributed by atoms with Crippen LogP contribution in [0.25, 0.3) is 0 Å². The highest BCUT2D eigenvalue weighted by atomic mass is 14.6. The third kappa shape index (κ3) is 25.1. The van der Waals surface area contributed by atoms with Crippen LogP contribution >= 0.6 is 0 Å². The fourth-order valence-electron chi connectivity index (χ4n) is 0. The third-order valence-corrected chi connectivity index (χ3v) is 0. The molecule has 0 aromatic rings. The van der Waals surface area contributed by atoms with E-state index < -0.39 is 0 Å². The van der Waals surface area contributed by atoms with Crippen molar-refractivity contribution in [3.05, 3.63) is 12.7 Å². The maximum atomic E-state index is 5.86. The predicted octanol–water partition coefficient (Wildman–Crippen LogP) is 0.744. The zero-order valence-corrected chi connectivity index (χ0v) is 3.94. The van der Waals surface area contributed by atoms with Gasteiger partial charge in [-0.3, -0.25) is 5.41 Å². The molecule has 0 unspecified atom stereocenters. The van der Waals surface area contributed by atoms with Crippen LogP contribution in [0.2, 0.25) is 0 Å². The highest BCUT2D eigenvalue weighted by Crippen LogP contribution is 1.38. The monoisotopic (exact) mass is 86.1 g/mol. The van der Waals surface area contributed by atoms with E-state index in [1.54, 1.807) is 6.08 Å². The Balaban J connectivity index is 0. The summed E-state index contributed by atoms with van der Waals surface area (Å²) in [6.07, 6.45) is 2.50. The van der Waals surface area contributed by atoms with Gasteiger partial charge in [-0.05, 0) is 6.92 Å². The van der Waals surface area contributed by atoms with Gasteiger partial charge < -0.3 is 5.73 Å². The molecule has 0 rings (SSSR count). The second-order valence-electron chi connectivity index (χ2n) is 0.575. The minimum absolute atomic E-state index is 0.750. The summed E-state index contributed by atoms with van der Waals surface area (Å²) in [6, 6.07) is 0. The summed E-state index contributed by atoms with van der Waals surface area (Å²) < 4.78 is 0. The van der Waals surface area contributed by atoms with Crippen LogP contribution in [0.15, 0.2) is 12.7 Å². The van der Waals surface area contributed by atoms with Gasteiger partial charge in [0.15, 0.2) is 0 Å². The molecule has 0 bridgehead atoms. The van der Waals surface area contributed by atoms with Crippen molar-refractivity contribution in [2.75, 3.05) is 0 Å². The van der Waals surface area contributed by atoms with E-state index in [9.17, 15) is 0 Å². The molecule has 3 N–H and O–H groups in total. The van der Waals surface area contributed by atoms with E-state index in [2.05, 4.69) is 12.3 Å². The Bertz CT molecular complexity index is 26.5. The van der Waals surface area contributed by atoms with Crippen molar-refractivity contribution >= 4 is 6.34 Å². The summed E-state index contributed by atoms with van der Waals surface area (Å²) in [5, 5.41) is 5.86. The normalized spacial score (nSPS) is 4.17. The minimum atomic E-state index is 0.750. The van der Waals surface area contributed by atoms with Gasteiger partial charge in [0, 0.05) is 0 Å². The SMILES string of the molecule is C=CC.N=CN. The number of allylic oxidation sites excluding steroid dienone is 1. The number of nitrogens with two attached hydrogens (primary N) is 1. The Morgan fingerprint density at radius 3 is 1.83 bits per heavy atom. The van der Waals surface area contributed by atoms with Gasteiger partial charge >= 0.3 is 0 Å². The van der Waals surface area contributed by atoms with Gasteiger partial charge in [-0.15, -0.1) is 6.58 Å². The average Bonchev–Trinajstić information content (AvgIpc) is 1.39. The van der Waals surface area contributed by atoms with Crippen molar-refractivity contribution in [3.8, 4) is 0 Å². The van der Waals surface area contributed by atoms with Crippen LogP contribution in [0.4, 0.5) is 0 Å². The molecule has 0 heterocycles. The molecule has 0 radical (unpaired) electrons. The first kappa shape index (κ1) is 8.96. The molecule has 2 heteroatoms. The lowest BCUT2D eigenvalue weighted by Gasteiger charge is -1.38. The molecule has 0 fully saturated rings.